The number of benzene rings is 2. The van der Waals surface area contributed by atoms with Gasteiger partial charge in [0, 0.05) is 29.3 Å². The summed E-state index contributed by atoms with van der Waals surface area (Å²) in [6.45, 7) is 4.42. The van der Waals surface area contributed by atoms with Crippen molar-refractivity contribution in [2.75, 3.05) is 11.9 Å². The second kappa shape index (κ2) is 6.23. The molecule has 0 radical (unpaired) electrons. The van der Waals surface area contributed by atoms with Crippen molar-refractivity contribution in [1.29, 1.82) is 0 Å². The van der Waals surface area contributed by atoms with Crippen molar-refractivity contribution < 1.29 is 4.79 Å². The van der Waals surface area contributed by atoms with Crippen molar-refractivity contribution in [3.63, 3.8) is 0 Å². The van der Waals surface area contributed by atoms with Crippen LogP contribution in [0.2, 0.25) is 0 Å². The average molecular weight is 332 g/mol. The van der Waals surface area contributed by atoms with E-state index in [-0.39, 0.29) is 5.78 Å². The van der Waals surface area contributed by atoms with Crippen molar-refractivity contribution in [3.8, 4) is 0 Å². The summed E-state index contributed by atoms with van der Waals surface area (Å²) in [4.78, 5) is 13.9. The van der Waals surface area contributed by atoms with Crippen LogP contribution in [0.15, 0.2) is 46.9 Å². The van der Waals surface area contributed by atoms with Gasteiger partial charge in [-0.1, -0.05) is 34.1 Å². The highest BCUT2D eigenvalue weighted by Gasteiger charge is 2.11. The number of Topliss-reactive ketones (excluding diaryl/α,β-unsaturated/α-hetero) is 1. The van der Waals surface area contributed by atoms with E-state index in [0.29, 0.717) is 0 Å². The lowest BCUT2D eigenvalue weighted by molar-refractivity contribution is 0.101. The molecule has 2 rings (SSSR count). The first-order chi connectivity index (χ1) is 9.47. The van der Waals surface area contributed by atoms with Gasteiger partial charge < -0.3 is 4.90 Å². The zero-order valence-corrected chi connectivity index (χ0v) is 13.6. The first-order valence-corrected chi connectivity index (χ1v) is 7.34. The average Bonchev–Trinajstić information content (AvgIpc) is 2.38. The van der Waals surface area contributed by atoms with Gasteiger partial charge >= 0.3 is 0 Å². The summed E-state index contributed by atoms with van der Waals surface area (Å²) in [5.41, 5.74) is 4.12. The van der Waals surface area contributed by atoms with Crippen LogP contribution in [-0.4, -0.2) is 12.8 Å². The monoisotopic (exact) mass is 331 g/mol. The predicted molar refractivity (Wildman–Crippen MR) is 87.4 cm³/mol. The highest BCUT2D eigenvalue weighted by atomic mass is 79.9. The van der Waals surface area contributed by atoms with Crippen LogP contribution in [0.4, 0.5) is 5.69 Å². The molecule has 104 valence electrons. The predicted octanol–water partition coefficient (Wildman–Crippen LogP) is 4.60. The Kier molecular flexibility index (Phi) is 4.61. The van der Waals surface area contributed by atoms with Crippen LogP contribution in [0.1, 0.15) is 28.4 Å². The van der Waals surface area contributed by atoms with Gasteiger partial charge in [0.2, 0.25) is 0 Å². The third kappa shape index (κ3) is 3.48. The lowest BCUT2D eigenvalue weighted by Crippen LogP contribution is -2.19. The molecule has 0 aromatic heterocycles. The highest BCUT2D eigenvalue weighted by Crippen LogP contribution is 2.24. The number of hydrogen-bond donors (Lipinski definition) is 0. The van der Waals surface area contributed by atoms with E-state index in [1.165, 1.54) is 5.56 Å². The Morgan fingerprint density at radius 3 is 2.60 bits per heavy atom. The minimum atomic E-state index is 0.0982. The molecule has 3 heteroatoms. The first-order valence-electron chi connectivity index (χ1n) is 6.54. The Bertz CT molecular complexity index is 637. The largest absolute Gasteiger partial charge is 0.370 e. The minimum absolute atomic E-state index is 0.0982. The normalized spacial score (nSPS) is 10.4. The van der Waals surface area contributed by atoms with E-state index in [4.69, 9.17) is 0 Å². The van der Waals surface area contributed by atoms with E-state index >= 15 is 0 Å². The van der Waals surface area contributed by atoms with Gasteiger partial charge in [0.05, 0.1) is 0 Å². The number of hydrogen-bond acceptors (Lipinski definition) is 2. The van der Waals surface area contributed by atoms with E-state index in [2.05, 4.69) is 39.0 Å². The quantitative estimate of drug-likeness (QED) is 0.763. The molecule has 20 heavy (non-hydrogen) atoms. The fraction of sp³-hybridized carbons (Fsp3) is 0.235. The molecule has 2 aromatic carbocycles. The van der Waals surface area contributed by atoms with Gasteiger partial charge in [0.25, 0.3) is 0 Å². The molecule has 2 aromatic rings. The molecule has 0 saturated heterocycles. The maximum absolute atomic E-state index is 11.8. The van der Waals surface area contributed by atoms with Crippen LogP contribution in [0, 0.1) is 6.92 Å². The number of rotatable bonds is 4. The molecule has 0 amide bonds. The summed E-state index contributed by atoms with van der Waals surface area (Å²) >= 11 is 3.48. The van der Waals surface area contributed by atoms with Gasteiger partial charge in [-0.05, 0) is 49.2 Å². The van der Waals surface area contributed by atoms with Gasteiger partial charge in [0.15, 0.2) is 5.78 Å². The molecule has 0 N–H and O–H groups in total. The fourth-order valence-electron chi connectivity index (χ4n) is 2.25. The number of aryl methyl sites for hydroxylation is 1. The summed E-state index contributed by atoms with van der Waals surface area (Å²) in [6.07, 6.45) is 0. The van der Waals surface area contributed by atoms with Gasteiger partial charge in [-0.25, -0.2) is 0 Å². The van der Waals surface area contributed by atoms with Crippen molar-refractivity contribution >= 4 is 27.4 Å². The van der Waals surface area contributed by atoms with Gasteiger partial charge in [-0.2, -0.15) is 0 Å². The number of ketones is 1. The number of nitrogens with zero attached hydrogens (tertiary/aromatic N) is 1. The third-order valence-corrected chi connectivity index (χ3v) is 3.75. The topological polar surface area (TPSA) is 20.3 Å². The van der Waals surface area contributed by atoms with E-state index < -0.39 is 0 Å². The van der Waals surface area contributed by atoms with Gasteiger partial charge in [0.1, 0.15) is 0 Å². The second-order valence-corrected chi connectivity index (χ2v) is 5.98. The lowest BCUT2D eigenvalue weighted by Gasteiger charge is -2.22. The SMILES string of the molecule is CC(=O)c1ccc(C)cc1N(C)Cc1cccc(Br)c1. The summed E-state index contributed by atoms with van der Waals surface area (Å²) in [7, 11) is 2.02. The molecule has 0 unspecified atom stereocenters. The van der Waals surface area contributed by atoms with Crippen molar-refractivity contribution in [2.45, 2.75) is 20.4 Å². The van der Waals surface area contributed by atoms with Crippen molar-refractivity contribution in [1.82, 2.24) is 0 Å². The maximum Gasteiger partial charge on any atom is 0.161 e. The minimum Gasteiger partial charge on any atom is -0.370 e. The van der Waals surface area contributed by atoms with Crippen LogP contribution < -0.4 is 4.90 Å². The van der Waals surface area contributed by atoms with Crippen LogP contribution in [0.5, 0.6) is 0 Å². The van der Waals surface area contributed by atoms with Crippen LogP contribution >= 0.6 is 15.9 Å². The van der Waals surface area contributed by atoms with Gasteiger partial charge in [-0.3, -0.25) is 4.79 Å². The van der Waals surface area contributed by atoms with Crippen LogP contribution in [0.25, 0.3) is 0 Å². The molecular weight excluding hydrogens is 314 g/mol. The molecule has 0 heterocycles. The van der Waals surface area contributed by atoms with Gasteiger partial charge in [-0.15, -0.1) is 0 Å². The zero-order chi connectivity index (χ0) is 14.7. The Hall–Kier alpha value is -1.61. The fourth-order valence-corrected chi connectivity index (χ4v) is 2.70. The summed E-state index contributed by atoms with van der Waals surface area (Å²) in [6, 6.07) is 14.2. The Labute approximate surface area is 128 Å². The lowest BCUT2D eigenvalue weighted by atomic mass is 10.1. The molecule has 0 fully saturated rings. The Balaban J connectivity index is 2.31. The van der Waals surface area contributed by atoms with Crippen molar-refractivity contribution in [2.24, 2.45) is 0 Å². The molecule has 0 aliphatic carbocycles. The Morgan fingerprint density at radius 2 is 1.95 bits per heavy atom. The van der Waals surface area contributed by atoms with E-state index in [1.54, 1.807) is 6.92 Å². The number of carbonyl (C=O) groups excluding carboxylic acids is 1. The molecule has 0 aliphatic rings. The molecular formula is C17H18BrNO. The van der Waals surface area contributed by atoms with E-state index in [9.17, 15) is 4.79 Å². The maximum atomic E-state index is 11.8. The summed E-state index contributed by atoms with van der Waals surface area (Å²) in [5.74, 6) is 0.0982. The molecule has 0 aliphatic heterocycles. The van der Waals surface area contributed by atoms with Crippen molar-refractivity contribution in [3.05, 3.63) is 63.6 Å². The molecule has 0 spiro atoms. The molecule has 2 nitrogen and oxygen atoms in total. The third-order valence-electron chi connectivity index (χ3n) is 3.25. The zero-order valence-electron chi connectivity index (χ0n) is 12.0. The number of carbonyl (C=O) groups is 1. The number of halogens is 1. The van der Waals surface area contributed by atoms with E-state index in [1.807, 2.05) is 38.2 Å². The Morgan fingerprint density at radius 1 is 1.20 bits per heavy atom. The summed E-state index contributed by atoms with van der Waals surface area (Å²) in [5, 5.41) is 0. The smallest absolute Gasteiger partial charge is 0.161 e. The van der Waals surface area contributed by atoms with Crippen LogP contribution in [-0.2, 0) is 6.54 Å². The molecule has 0 atom stereocenters. The highest BCUT2D eigenvalue weighted by molar-refractivity contribution is 9.10. The van der Waals surface area contributed by atoms with E-state index in [0.717, 1.165) is 27.8 Å². The summed E-state index contributed by atoms with van der Waals surface area (Å²) < 4.78 is 1.07. The molecule has 0 bridgehead atoms. The molecule has 0 saturated carbocycles. The standard InChI is InChI=1S/C17H18BrNO/c1-12-7-8-16(13(2)20)17(9-12)19(3)11-14-5-4-6-15(18)10-14/h4-10H,11H2,1-3H3. The number of anilines is 1. The second-order valence-electron chi connectivity index (χ2n) is 5.06. The first kappa shape index (κ1) is 14.8. The van der Waals surface area contributed by atoms with Crippen LogP contribution in [0.3, 0.4) is 0 Å².